The first-order chi connectivity index (χ1) is 7.70. The van der Waals surface area contributed by atoms with Crippen LogP contribution in [0.15, 0.2) is 0 Å². The van der Waals surface area contributed by atoms with E-state index in [9.17, 15) is 10.2 Å². The minimum absolute atomic E-state index is 0.0731. The molecule has 4 heteroatoms. The summed E-state index contributed by atoms with van der Waals surface area (Å²) in [4.78, 5) is 2.30. The predicted molar refractivity (Wildman–Crippen MR) is 61.3 cm³/mol. The van der Waals surface area contributed by atoms with Gasteiger partial charge in [0.2, 0.25) is 0 Å². The Labute approximate surface area is 97.2 Å². The monoisotopic (exact) mass is 229 g/mol. The van der Waals surface area contributed by atoms with Gasteiger partial charge in [-0.05, 0) is 19.8 Å². The number of aliphatic hydroxyl groups is 2. The van der Waals surface area contributed by atoms with Crippen LogP contribution in [0.3, 0.4) is 0 Å². The van der Waals surface area contributed by atoms with Gasteiger partial charge < -0.3 is 14.9 Å². The van der Waals surface area contributed by atoms with Crippen LogP contribution in [0, 0.1) is 0 Å². The van der Waals surface area contributed by atoms with Gasteiger partial charge in [-0.15, -0.1) is 0 Å². The third-order valence-electron chi connectivity index (χ3n) is 3.72. The molecule has 0 amide bonds. The van der Waals surface area contributed by atoms with Gasteiger partial charge in [0.1, 0.15) is 0 Å². The van der Waals surface area contributed by atoms with E-state index >= 15 is 0 Å². The molecule has 16 heavy (non-hydrogen) atoms. The lowest BCUT2D eigenvalue weighted by molar-refractivity contribution is -0.121. The Hall–Kier alpha value is -0.160. The van der Waals surface area contributed by atoms with Gasteiger partial charge >= 0.3 is 0 Å². The highest BCUT2D eigenvalue weighted by Crippen LogP contribution is 2.25. The Kier molecular flexibility index (Phi) is 4.19. The lowest BCUT2D eigenvalue weighted by Crippen LogP contribution is -2.55. The lowest BCUT2D eigenvalue weighted by atomic mass is 9.90. The highest BCUT2D eigenvalue weighted by Gasteiger charge is 2.34. The normalized spacial score (nSPS) is 42.2. The molecular weight excluding hydrogens is 206 g/mol. The zero-order valence-corrected chi connectivity index (χ0v) is 10.0. The lowest BCUT2D eigenvalue weighted by Gasteiger charge is -2.43. The van der Waals surface area contributed by atoms with Crippen molar-refractivity contribution < 1.29 is 14.9 Å². The molecule has 2 aliphatic rings. The summed E-state index contributed by atoms with van der Waals surface area (Å²) in [5, 5.41) is 19.2. The second kappa shape index (κ2) is 5.45. The summed E-state index contributed by atoms with van der Waals surface area (Å²) in [5.41, 5.74) is 0. The number of aliphatic hydroxyl groups excluding tert-OH is 2. The molecule has 94 valence electrons. The molecule has 0 spiro atoms. The summed E-state index contributed by atoms with van der Waals surface area (Å²) >= 11 is 0. The molecule has 0 aromatic rings. The summed E-state index contributed by atoms with van der Waals surface area (Å²) in [7, 11) is 0. The molecule has 2 fully saturated rings. The van der Waals surface area contributed by atoms with Crippen molar-refractivity contribution in [3.8, 4) is 0 Å². The molecular formula is C12H23NO3. The van der Waals surface area contributed by atoms with Crippen molar-refractivity contribution in [1.82, 2.24) is 4.90 Å². The van der Waals surface area contributed by atoms with Crippen molar-refractivity contribution in [1.29, 1.82) is 0 Å². The van der Waals surface area contributed by atoms with Crippen LogP contribution >= 0.6 is 0 Å². The van der Waals surface area contributed by atoms with E-state index in [2.05, 4.69) is 4.90 Å². The van der Waals surface area contributed by atoms with Crippen LogP contribution in [-0.2, 0) is 4.74 Å². The average Bonchev–Trinajstić information content (AvgIpc) is 2.28. The summed E-state index contributed by atoms with van der Waals surface area (Å²) in [6.07, 6.45) is 4.21. The van der Waals surface area contributed by atoms with E-state index in [4.69, 9.17) is 4.74 Å². The first-order valence-electron chi connectivity index (χ1n) is 6.39. The van der Waals surface area contributed by atoms with Crippen molar-refractivity contribution in [2.75, 3.05) is 19.7 Å². The highest BCUT2D eigenvalue weighted by atomic mass is 16.5. The minimum Gasteiger partial charge on any atom is -0.394 e. The number of rotatable bonds is 2. The van der Waals surface area contributed by atoms with Crippen molar-refractivity contribution in [3.05, 3.63) is 0 Å². The molecule has 4 unspecified atom stereocenters. The van der Waals surface area contributed by atoms with E-state index in [1.54, 1.807) is 0 Å². The second-order valence-electron chi connectivity index (χ2n) is 5.12. The molecule has 1 aliphatic carbocycles. The van der Waals surface area contributed by atoms with Crippen LogP contribution in [0.4, 0.5) is 0 Å². The van der Waals surface area contributed by atoms with E-state index in [0.717, 1.165) is 32.4 Å². The fourth-order valence-corrected chi connectivity index (χ4v) is 2.97. The van der Waals surface area contributed by atoms with Gasteiger partial charge in [0.25, 0.3) is 0 Å². The molecule has 1 saturated heterocycles. The van der Waals surface area contributed by atoms with Gasteiger partial charge in [0.15, 0.2) is 0 Å². The molecule has 0 aromatic heterocycles. The van der Waals surface area contributed by atoms with Crippen LogP contribution in [0.1, 0.15) is 32.6 Å². The quantitative estimate of drug-likeness (QED) is 0.718. The summed E-state index contributed by atoms with van der Waals surface area (Å²) in [5.74, 6) is 0. The predicted octanol–water partition coefficient (Wildman–Crippen LogP) is 0.371. The van der Waals surface area contributed by atoms with E-state index in [1.807, 2.05) is 6.92 Å². The largest absolute Gasteiger partial charge is 0.394 e. The van der Waals surface area contributed by atoms with E-state index in [1.165, 1.54) is 6.42 Å². The molecule has 1 saturated carbocycles. The van der Waals surface area contributed by atoms with E-state index < -0.39 is 0 Å². The van der Waals surface area contributed by atoms with E-state index in [0.29, 0.717) is 0 Å². The van der Waals surface area contributed by atoms with Crippen molar-refractivity contribution in [2.24, 2.45) is 0 Å². The van der Waals surface area contributed by atoms with Gasteiger partial charge in [0.05, 0.1) is 24.9 Å². The maximum Gasteiger partial charge on any atom is 0.0936 e. The first-order valence-corrected chi connectivity index (χ1v) is 6.39. The maximum absolute atomic E-state index is 10.0. The third kappa shape index (κ3) is 2.74. The molecule has 1 heterocycles. The van der Waals surface area contributed by atoms with Crippen LogP contribution in [-0.4, -0.2) is 59.2 Å². The molecule has 0 bridgehead atoms. The second-order valence-corrected chi connectivity index (χ2v) is 5.12. The van der Waals surface area contributed by atoms with Crippen molar-refractivity contribution in [2.45, 2.75) is 57.0 Å². The first kappa shape index (κ1) is 12.3. The topological polar surface area (TPSA) is 52.9 Å². The van der Waals surface area contributed by atoms with Crippen LogP contribution in [0.25, 0.3) is 0 Å². The Morgan fingerprint density at radius 3 is 2.69 bits per heavy atom. The zero-order chi connectivity index (χ0) is 11.5. The number of hydrogen-bond acceptors (Lipinski definition) is 4. The summed E-state index contributed by atoms with van der Waals surface area (Å²) in [6, 6.07) is 0.272. The SMILES string of the molecule is CC1CN(C2CCCCC2O)CC(CO)O1. The average molecular weight is 229 g/mol. The van der Waals surface area contributed by atoms with Gasteiger partial charge in [-0.1, -0.05) is 12.8 Å². The van der Waals surface area contributed by atoms with Gasteiger partial charge in [-0.3, -0.25) is 4.90 Å². The number of morpholine rings is 1. The van der Waals surface area contributed by atoms with Crippen LogP contribution in [0.5, 0.6) is 0 Å². The highest BCUT2D eigenvalue weighted by molar-refractivity contribution is 4.87. The Bertz CT molecular complexity index is 224. The molecule has 2 rings (SSSR count). The standard InChI is InChI=1S/C12H23NO3/c1-9-6-13(7-10(8-14)16-9)11-4-2-3-5-12(11)15/h9-12,14-15H,2-8H2,1H3. The van der Waals surface area contributed by atoms with E-state index in [-0.39, 0.29) is 31.0 Å². The minimum atomic E-state index is -0.196. The molecule has 0 aromatic carbocycles. The third-order valence-corrected chi connectivity index (χ3v) is 3.72. The molecule has 4 nitrogen and oxygen atoms in total. The molecule has 1 aliphatic heterocycles. The fraction of sp³-hybridized carbons (Fsp3) is 1.00. The van der Waals surface area contributed by atoms with Crippen LogP contribution < -0.4 is 0 Å². The Morgan fingerprint density at radius 1 is 1.25 bits per heavy atom. The Morgan fingerprint density at radius 2 is 2.00 bits per heavy atom. The van der Waals surface area contributed by atoms with Gasteiger partial charge in [0, 0.05) is 19.1 Å². The van der Waals surface area contributed by atoms with Crippen molar-refractivity contribution in [3.63, 3.8) is 0 Å². The molecule has 4 atom stereocenters. The van der Waals surface area contributed by atoms with Gasteiger partial charge in [-0.25, -0.2) is 0 Å². The number of ether oxygens (including phenoxy) is 1. The maximum atomic E-state index is 10.0. The summed E-state index contributed by atoms with van der Waals surface area (Å²) < 4.78 is 5.62. The number of hydrogen-bond donors (Lipinski definition) is 2. The van der Waals surface area contributed by atoms with Crippen LogP contribution in [0.2, 0.25) is 0 Å². The number of nitrogens with zero attached hydrogens (tertiary/aromatic N) is 1. The Balaban J connectivity index is 1.96. The van der Waals surface area contributed by atoms with Gasteiger partial charge in [-0.2, -0.15) is 0 Å². The molecule has 2 N–H and O–H groups in total. The van der Waals surface area contributed by atoms with Crippen molar-refractivity contribution >= 4 is 0 Å². The zero-order valence-electron chi connectivity index (χ0n) is 10.0. The fourth-order valence-electron chi connectivity index (χ4n) is 2.97. The molecule has 0 radical (unpaired) electrons. The summed E-state index contributed by atoms with van der Waals surface area (Å²) in [6.45, 7) is 3.73. The smallest absolute Gasteiger partial charge is 0.0936 e.